The molecule has 5 heteroatoms. The molecule has 0 aliphatic carbocycles. The molecular weight excluding hydrogens is 276 g/mol. The first-order chi connectivity index (χ1) is 9.29. The Bertz CT molecular complexity index is 493. The second kappa shape index (κ2) is 6.57. The Hall–Kier alpha value is -1.10. The third-order valence-corrected chi connectivity index (χ3v) is 4.04. The Morgan fingerprint density at radius 2 is 2.20 bits per heavy atom. The third-order valence-electron chi connectivity index (χ3n) is 4.04. The standard InChI is InChI=1S/C15H20N2O2.ClH/c1-2-14-10-19-6-5-17(14)15(18)11-3-4-12-8-16-9-13(12)7-11;/h3-4,7,14,16H,2,5-6,8-10H2,1H3;1H. The van der Waals surface area contributed by atoms with Crippen LogP contribution in [0.2, 0.25) is 0 Å². The van der Waals surface area contributed by atoms with Gasteiger partial charge in [-0.25, -0.2) is 0 Å². The van der Waals surface area contributed by atoms with Crippen LogP contribution in [-0.4, -0.2) is 36.6 Å². The minimum atomic E-state index is 0. The molecule has 1 atom stereocenters. The van der Waals surface area contributed by atoms with Crippen molar-refractivity contribution in [2.75, 3.05) is 19.8 Å². The number of fused-ring (bicyclic) bond motifs is 1. The Morgan fingerprint density at radius 1 is 1.40 bits per heavy atom. The number of carbonyl (C=O) groups excluding carboxylic acids is 1. The average Bonchev–Trinajstić information content (AvgIpc) is 2.93. The van der Waals surface area contributed by atoms with E-state index in [1.54, 1.807) is 0 Å². The number of hydrogen-bond donors (Lipinski definition) is 1. The highest BCUT2D eigenvalue weighted by molar-refractivity contribution is 5.94. The summed E-state index contributed by atoms with van der Waals surface area (Å²) in [7, 11) is 0. The quantitative estimate of drug-likeness (QED) is 0.907. The Balaban J connectivity index is 0.00000147. The summed E-state index contributed by atoms with van der Waals surface area (Å²) in [6.45, 7) is 5.90. The molecule has 1 N–H and O–H groups in total. The highest BCUT2D eigenvalue weighted by Crippen LogP contribution is 2.20. The number of hydrogen-bond acceptors (Lipinski definition) is 3. The first kappa shape index (κ1) is 15.3. The normalized spacial score (nSPS) is 21.2. The van der Waals surface area contributed by atoms with E-state index in [2.05, 4.69) is 18.3 Å². The van der Waals surface area contributed by atoms with Gasteiger partial charge in [0.05, 0.1) is 19.3 Å². The molecule has 1 unspecified atom stereocenters. The van der Waals surface area contributed by atoms with E-state index in [0.29, 0.717) is 19.8 Å². The monoisotopic (exact) mass is 296 g/mol. The minimum absolute atomic E-state index is 0. The predicted octanol–water partition coefficient (Wildman–Crippen LogP) is 1.96. The molecule has 0 radical (unpaired) electrons. The van der Waals surface area contributed by atoms with Crippen molar-refractivity contribution in [3.05, 3.63) is 34.9 Å². The van der Waals surface area contributed by atoms with Gasteiger partial charge in [0.25, 0.3) is 5.91 Å². The first-order valence-electron chi connectivity index (χ1n) is 7.01. The van der Waals surface area contributed by atoms with Crippen LogP contribution in [-0.2, 0) is 17.8 Å². The lowest BCUT2D eigenvalue weighted by Gasteiger charge is -2.35. The van der Waals surface area contributed by atoms with Gasteiger partial charge in [0.1, 0.15) is 0 Å². The summed E-state index contributed by atoms with van der Waals surface area (Å²) < 4.78 is 5.46. The minimum Gasteiger partial charge on any atom is -0.377 e. The van der Waals surface area contributed by atoms with Crippen LogP contribution < -0.4 is 5.32 Å². The zero-order valence-corrected chi connectivity index (χ0v) is 12.5. The molecule has 2 aliphatic heterocycles. The smallest absolute Gasteiger partial charge is 0.254 e. The Morgan fingerprint density at radius 3 is 3.00 bits per heavy atom. The van der Waals surface area contributed by atoms with Gasteiger partial charge >= 0.3 is 0 Å². The molecule has 2 heterocycles. The second-order valence-electron chi connectivity index (χ2n) is 5.22. The summed E-state index contributed by atoms with van der Waals surface area (Å²) in [4.78, 5) is 14.6. The first-order valence-corrected chi connectivity index (χ1v) is 7.01. The van der Waals surface area contributed by atoms with Gasteiger partial charge in [-0.2, -0.15) is 0 Å². The Labute approximate surface area is 125 Å². The number of halogens is 1. The van der Waals surface area contributed by atoms with Crippen LogP contribution in [0.25, 0.3) is 0 Å². The summed E-state index contributed by atoms with van der Waals surface area (Å²) in [5.41, 5.74) is 3.38. The third kappa shape index (κ3) is 2.82. The van der Waals surface area contributed by atoms with Gasteiger partial charge < -0.3 is 15.0 Å². The van der Waals surface area contributed by atoms with E-state index < -0.39 is 0 Å². The number of morpholine rings is 1. The van der Waals surface area contributed by atoms with Gasteiger partial charge in [-0.1, -0.05) is 13.0 Å². The van der Waals surface area contributed by atoms with Crippen molar-refractivity contribution in [2.24, 2.45) is 0 Å². The molecule has 0 bridgehead atoms. The lowest BCUT2D eigenvalue weighted by molar-refractivity contribution is -0.00280. The number of carbonyl (C=O) groups is 1. The van der Waals surface area contributed by atoms with E-state index in [1.807, 2.05) is 17.0 Å². The summed E-state index contributed by atoms with van der Waals surface area (Å²) in [5, 5.41) is 3.31. The fourth-order valence-electron chi connectivity index (χ4n) is 2.85. The van der Waals surface area contributed by atoms with Crippen molar-refractivity contribution in [1.29, 1.82) is 0 Å². The van der Waals surface area contributed by atoms with Crippen LogP contribution in [0, 0.1) is 0 Å². The molecule has 1 saturated heterocycles. The molecule has 3 rings (SSSR count). The van der Waals surface area contributed by atoms with Crippen molar-refractivity contribution >= 4 is 18.3 Å². The number of amides is 1. The second-order valence-corrected chi connectivity index (χ2v) is 5.22. The van der Waals surface area contributed by atoms with Crippen molar-refractivity contribution < 1.29 is 9.53 Å². The summed E-state index contributed by atoms with van der Waals surface area (Å²) in [6.07, 6.45) is 0.943. The zero-order chi connectivity index (χ0) is 13.2. The molecule has 1 fully saturated rings. The van der Waals surface area contributed by atoms with E-state index in [-0.39, 0.29) is 24.4 Å². The summed E-state index contributed by atoms with van der Waals surface area (Å²) >= 11 is 0. The van der Waals surface area contributed by atoms with Crippen LogP contribution in [0.1, 0.15) is 34.8 Å². The molecule has 2 aliphatic rings. The van der Waals surface area contributed by atoms with Crippen molar-refractivity contribution in [3.8, 4) is 0 Å². The van der Waals surface area contributed by atoms with Crippen molar-refractivity contribution in [1.82, 2.24) is 10.2 Å². The number of rotatable bonds is 2. The fourth-order valence-corrected chi connectivity index (χ4v) is 2.85. The Kier molecular flexibility index (Phi) is 5.02. The zero-order valence-electron chi connectivity index (χ0n) is 11.7. The highest BCUT2D eigenvalue weighted by Gasteiger charge is 2.27. The predicted molar refractivity (Wildman–Crippen MR) is 80.2 cm³/mol. The molecule has 0 saturated carbocycles. The number of nitrogens with one attached hydrogen (secondary N) is 1. The molecule has 1 aromatic carbocycles. The summed E-state index contributed by atoms with van der Waals surface area (Å²) in [5.74, 6) is 0.143. The van der Waals surface area contributed by atoms with Crippen LogP contribution in [0.4, 0.5) is 0 Å². The van der Waals surface area contributed by atoms with E-state index in [1.165, 1.54) is 11.1 Å². The topological polar surface area (TPSA) is 41.6 Å². The lowest BCUT2D eigenvalue weighted by Crippen LogP contribution is -2.48. The van der Waals surface area contributed by atoms with E-state index in [4.69, 9.17) is 4.74 Å². The molecule has 0 aromatic heterocycles. The van der Waals surface area contributed by atoms with E-state index in [0.717, 1.165) is 25.1 Å². The maximum atomic E-state index is 12.6. The van der Waals surface area contributed by atoms with E-state index >= 15 is 0 Å². The summed E-state index contributed by atoms with van der Waals surface area (Å²) in [6, 6.07) is 6.29. The molecule has 1 aromatic rings. The van der Waals surface area contributed by atoms with Crippen molar-refractivity contribution in [2.45, 2.75) is 32.5 Å². The maximum absolute atomic E-state index is 12.6. The largest absolute Gasteiger partial charge is 0.377 e. The lowest BCUT2D eigenvalue weighted by atomic mass is 10.0. The number of ether oxygens (including phenoxy) is 1. The van der Waals surface area contributed by atoms with Crippen LogP contribution in [0.15, 0.2) is 18.2 Å². The van der Waals surface area contributed by atoms with Gasteiger partial charge in [-0.15, -0.1) is 12.4 Å². The van der Waals surface area contributed by atoms with Gasteiger partial charge in [0.2, 0.25) is 0 Å². The maximum Gasteiger partial charge on any atom is 0.254 e. The van der Waals surface area contributed by atoms with Gasteiger partial charge in [-0.05, 0) is 29.7 Å². The SMILES string of the molecule is CCC1COCCN1C(=O)c1ccc2c(c1)CNC2.Cl. The highest BCUT2D eigenvalue weighted by atomic mass is 35.5. The van der Waals surface area contributed by atoms with Crippen LogP contribution in [0.5, 0.6) is 0 Å². The molecule has 1 amide bonds. The van der Waals surface area contributed by atoms with Gasteiger partial charge in [-0.3, -0.25) is 4.79 Å². The van der Waals surface area contributed by atoms with Crippen molar-refractivity contribution in [3.63, 3.8) is 0 Å². The molecule has 4 nitrogen and oxygen atoms in total. The van der Waals surface area contributed by atoms with Crippen LogP contribution in [0.3, 0.4) is 0 Å². The average molecular weight is 297 g/mol. The van der Waals surface area contributed by atoms with Gasteiger partial charge in [0.15, 0.2) is 0 Å². The van der Waals surface area contributed by atoms with Gasteiger partial charge in [0, 0.05) is 25.2 Å². The number of benzene rings is 1. The molecule has 20 heavy (non-hydrogen) atoms. The van der Waals surface area contributed by atoms with E-state index in [9.17, 15) is 4.79 Å². The molecule has 0 spiro atoms. The van der Waals surface area contributed by atoms with Crippen LogP contribution >= 0.6 is 12.4 Å². The molecule has 110 valence electrons. The molecular formula is C15H21ClN2O2. The fraction of sp³-hybridized carbons (Fsp3) is 0.533. The number of nitrogens with zero attached hydrogens (tertiary/aromatic N) is 1.